The molecule has 1 N–H and O–H groups in total. The van der Waals surface area contributed by atoms with Gasteiger partial charge in [0.2, 0.25) is 0 Å². The molecule has 3 atom stereocenters. The number of rotatable bonds is 5. The number of amides is 3. The molecule has 140 valence electrons. The van der Waals surface area contributed by atoms with E-state index in [1.54, 1.807) is 12.1 Å². The molecule has 1 saturated heterocycles. The minimum Gasteiger partial charge on any atom is -0.323 e. The number of urea groups is 1. The fraction of sp³-hybridized carbons (Fsp3) is 0.571. The maximum atomic E-state index is 12.9. The van der Waals surface area contributed by atoms with Crippen molar-refractivity contribution in [1.82, 2.24) is 10.2 Å². The summed E-state index contributed by atoms with van der Waals surface area (Å²) in [6, 6.07) is 7.06. The highest BCUT2D eigenvalue weighted by atomic mass is 16.2. The molecule has 1 saturated carbocycles. The minimum atomic E-state index is -0.809. The smallest absolute Gasteiger partial charge is 0.323 e. The van der Waals surface area contributed by atoms with Crippen molar-refractivity contribution in [1.29, 1.82) is 0 Å². The molecule has 2 aliphatic rings. The largest absolute Gasteiger partial charge is 0.325 e. The van der Waals surface area contributed by atoms with Crippen LogP contribution in [0.4, 0.5) is 4.79 Å². The molecule has 0 aromatic heterocycles. The maximum absolute atomic E-state index is 12.9. The molecule has 2 fully saturated rings. The molecule has 1 aliphatic heterocycles. The lowest BCUT2D eigenvalue weighted by molar-refractivity contribution is -0.133. The number of Topliss-reactive ketones (excluding diaryl/α,β-unsaturated/α-hetero) is 1. The van der Waals surface area contributed by atoms with Gasteiger partial charge in [-0.25, -0.2) is 4.79 Å². The van der Waals surface area contributed by atoms with Crippen LogP contribution in [-0.4, -0.2) is 34.7 Å². The first-order chi connectivity index (χ1) is 12.4. The highest BCUT2D eigenvalue weighted by Gasteiger charge is 2.55. The number of carbonyl (C=O) groups is 3. The first-order valence-electron chi connectivity index (χ1n) is 9.66. The number of ketones is 1. The van der Waals surface area contributed by atoms with Gasteiger partial charge in [0, 0.05) is 5.56 Å². The van der Waals surface area contributed by atoms with E-state index in [0.717, 1.165) is 30.6 Å². The Morgan fingerprint density at radius 1 is 1.27 bits per heavy atom. The molecule has 5 heteroatoms. The molecule has 0 radical (unpaired) electrons. The fourth-order valence-electron chi connectivity index (χ4n) is 4.11. The van der Waals surface area contributed by atoms with E-state index in [2.05, 4.69) is 19.2 Å². The molecular weight excluding hydrogens is 328 g/mol. The van der Waals surface area contributed by atoms with Crippen LogP contribution in [0.15, 0.2) is 24.3 Å². The molecule has 0 unspecified atom stereocenters. The van der Waals surface area contributed by atoms with E-state index in [1.165, 1.54) is 5.56 Å². The second-order valence-electron chi connectivity index (χ2n) is 7.79. The average Bonchev–Trinajstić information content (AvgIpc) is 2.88. The molecule has 0 bridgehead atoms. The van der Waals surface area contributed by atoms with E-state index in [4.69, 9.17) is 0 Å². The summed E-state index contributed by atoms with van der Waals surface area (Å²) in [5, 5.41) is 2.89. The van der Waals surface area contributed by atoms with Gasteiger partial charge in [-0.05, 0) is 36.7 Å². The molecule has 3 rings (SSSR count). The number of nitrogens with one attached hydrogen (secondary N) is 1. The SMILES string of the molecule is CC[C@H](C)c1ccc(C(=O)CN2C(=O)N[C@@]3(CCCC[C@@H]3C)C2=O)cc1. The molecule has 1 aliphatic carbocycles. The summed E-state index contributed by atoms with van der Waals surface area (Å²) < 4.78 is 0. The third-order valence-electron chi connectivity index (χ3n) is 6.22. The molecular formula is C21H28N2O3. The van der Waals surface area contributed by atoms with Crippen molar-refractivity contribution in [2.24, 2.45) is 5.92 Å². The van der Waals surface area contributed by atoms with E-state index < -0.39 is 11.6 Å². The highest BCUT2D eigenvalue weighted by molar-refractivity contribution is 6.11. The number of hydrogen-bond donors (Lipinski definition) is 1. The van der Waals surface area contributed by atoms with E-state index in [0.29, 0.717) is 17.9 Å². The van der Waals surface area contributed by atoms with Gasteiger partial charge in [-0.3, -0.25) is 14.5 Å². The number of nitrogens with zero attached hydrogens (tertiary/aromatic N) is 1. The van der Waals surface area contributed by atoms with Crippen LogP contribution in [0.25, 0.3) is 0 Å². The standard InChI is InChI=1S/C21H28N2O3/c1-4-14(2)16-8-10-17(11-9-16)18(24)13-23-19(25)21(22-20(23)26)12-6-5-7-15(21)3/h8-11,14-15H,4-7,12-13H2,1-3H3,(H,22,26)/t14-,15-,21+/m0/s1. The second kappa shape index (κ2) is 7.22. The van der Waals surface area contributed by atoms with Crippen LogP contribution < -0.4 is 5.32 Å². The van der Waals surface area contributed by atoms with E-state index in [1.807, 2.05) is 19.1 Å². The van der Waals surface area contributed by atoms with Crippen molar-refractivity contribution < 1.29 is 14.4 Å². The van der Waals surface area contributed by atoms with E-state index in [-0.39, 0.29) is 24.2 Å². The Morgan fingerprint density at radius 2 is 1.96 bits per heavy atom. The summed E-state index contributed by atoms with van der Waals surface area (Å²) in [6.45, 7) is 6.09. The average molecular weight is 356 g/mol. The van der Waals surface area contributed by atoms with Gasteiger partial charge >= 0.3 is 6.03 Å². The topological polar surface area (TPSA) is 66.5 Å². The van der Waals surface area contributed by atoms with Gasteiger partial charge in [-0.15, -0.1) is 0 Å². The summed E-state index contributed by atoms with van der Waals surface area (Å²) in [5.41, 5.74) is 0.917. The quantitative estimate of drug-likeness (QED) is 0.643. The lowest BCUT2D eigenvalue weighted by Gasteiger charge is -2.36. The van der Waals surface area contributed by atoms with E-state index >= 15 is 0 Å². The third kappa shape index (κ3) is 3.15. The Hall–Kier alpha value is -2.17. The number of benzene rings is 1. The predicted molar refractivity (Wildman–Crippen MR) is 100 cm³/mol. The number of hydrogen-bond acceptors (Lipinski definition) is 3. The summed E-state index contributed by atoms with van der Waals surface area (Å²) >= 11 is 0. The van der Waals surface area contributed by atoms with Crippen molar-refractivity contribution in [3.8, 4) is 0 Å². The van der Waals surface area contributed by atoms with Crippen molar-refractivity contribution in [3.05, 3.63) is 35.4 Å². The highest BCUT2D eigenvalue weighted by Crippen LogP contribution is 2.38. The Labute approximate surface area is 155 Å². The van der Waals surface area contributed by atoms with Crippen LogP contribution in [0.1, 0.15) is 74.7 Å². The fourth-order valence-corrected chi connectivity index (χ4v) is 4.11. The lowest BCUT2D eigenvalue weighted by Crippen LogP contribution is -2.54. The Kier molecular flexibility index (Phi) is 5.17. The molecule has 1 aromatic carbocycles. The van der Waals surface area contributed by atoms with Gasteiger partial charge in [0.1, 0.15) is 5.54 Å². The van der Waals surface area contributed by atoms with Crippen LogP contribution in [0.5, 0.6) is 0 Å². The number of imide groups is 1. The van der Waals surface area contributed by atoms with Crippen molar-refractivity contribution >= 4 is 17.7 Å². The summed E-state index contributed by atoms with van der Waals surface area (Å²) in [6.07, 6.45) is 4.62. The first-order valence-corrected chi connectivity index (χ1v) is 9.66. The first kappa shape index (κ1) is 18.6. The summed E-state index contributed by atoms with van der Waals surface area (Å²) in [7, 11) is 0. The number of carbonyl (C=O) groups excluding carboxylic acids is 3. The van der Waals surface area contributed by atoms with Gasteiger partial charge in [0.15, 0.2) is 5.78 Å². The molecule has 1 heterocycles. The zero-order valence-corrected chi connectivity index (χ0v) is 15.9. The molecule has 3 amide bonds. The lowest BCUT2D eigenvalue weighted by atomic mass is 9.73. The predicted octanol–water partition coefficient (Wildman–Crippen LogP) is 3.88. The van der Waals surface area contributed by atoms with Crippen LogP contribution in [-0.2, 0) is 4.79 Å². The van der Waals surface area contributed by atoms with Crippen LogP contribution >= 0.6 is 0 Å². The molecule has 5 nitrogen and oxygen atoms in total. The summed E-state index contributed by atoms with van der Waals surface area (Å²) in [5.74, 6) is 0.101. The van der Waals surface area contributed by atoms with Crippen LogP contribution in [0.3, 0.4) is 0 Å². The van der Waals surface area contributed by atoms with Gasteiger partial charge < -0.3 is 5.32 Å². The third-order valence-corrected chi connectivity index (χ3v) is 6.22. The molecule has 1 aromatic rings. The molecule has 1 spiro atoms. The minimum absolute atomic E-state index is 0.0996. The van der Waals surface area contributed by atoms with Crippen molar-refractivity contribution in [2.75, 3.05) is 6.54 Å². The normalized spacial score (nSPS) is 26.9. The van der Waals surface area contributed by atoms with Crippen molar-refractivity contribution in [3.63, 3.8) is 0 Å². The summed E-state index contributed by atoms with van der Waals surface area (Å²) in [4.78, 5) is 39.1. The van der Waals surface area contributed by atoms with Gasteiger partial charge in [-0.2, -0.15) is 0 Å². The van der Waals surface area contributed by atoms with Crippen molar-refractivity contribution in [2.45, 2.75) is 64.3 Å². The molecule has 26 heavy (non-hydrogen) atoms. The zero-order valence-electron chi connectivity index (χ0n) is 15.9. The van der Waals surface area contributed by atoms with Gasteiger partial charge in [0.05, 0.1) is 6.54 Å². The van der Waals surface area contributed by atoms with E-state index in [9.17, 15) is 14.4 Å². The van der Waals surface area contributed by atoms with Crippen LogP contribution in [0.2, 0.25) is 0 Å². The van der Waals surface area contributed by atoms with Gasteiger partial charge in [-0.1, -0.05) is 57.9 Å². The zero-order chi connectivity index (χ0) is 18.9. The Morgan fingerprint density at radius 3 is 2.58 bits per heavy atom. The monoisotopic (exact) mass is 356 g/mol. The Bertz CT molecular complexity index is 712. The maximum Gasteiger partial charge on any atom is 0.325 e. The van der Waals surface area contributed by atoms with Gasteiger partial charge in [0.25, 0.3) is 5.91 Å². The van der Waals surface area contributed by atoms with Crippen LogP contribution in [0, 0.1) is 5.92 Å². The second-order valence-corrected chi connectivity index (χ2v) is 7.79. The Balaban J connectivity index is 1.73.